The van der Waals surface area contributed by atoms with E-state index in [1.165, 1.54) is 36.6 Å². The molecule has 2 N–H and O–H groups in total. The average Bonchev–Trinajstić information content (AvgIpc) is 3.33. The minimum Gasteiger partial charge on any atom is -0.348 e. The first-order chi connectivity index (χ1) is 16.3. The topological polar surface area (TPSA) is 78.5 Å². The van der Waals surface area contributed by atoms with Crippen LogP contribution in [-0.2, 0) is 23.1 Å². The quantitative estimate of drug-likeness (QED) is 0.460. The molecule has 0 aromatic heterocycles. The maximum absolute atomic E-state index is 12.9. The zero-order chi connectivity index (χ0) is 24.1. The molecular formula is C26H28ClN3O3S. The fourth-order valence-electron chi connectivity index (χ4n) is 4.03. The smallest absolute Gasteiger partial charge is 0.263 e. The number of hydrogen-bond donors (Lipinski definition) is 2. The van der Waals surface area contributed by atoms with Crippen molar-refractivity contribution in [3.63, 3.8) is 0 Å². The highest BCUT2D eigenvalue weighted by molar-refractivity contribution is 7.92. The normalized spacial score (nSPS) is 14.2. The van der Waals surface area contributed by atoms with Gasteiger partial charge in [0, 0.05) is 24.3 Å². The lowest BCUT2D eigenvalue weighted by molar-refractivity contribution is 0.0950. The van der Waals surface area contributed by atoms with E-state index in [1.54, 1.807) is 12.1 Å². The largest absolute Gasteiger partial charge is 0.348 e. The third kappa shape index (κ3) is 5.97. The van der Waals surface area contributed by atoms with Gasteiger partial charge in [-0.1, -0.05) is 53.6 Å². The summed E-state index contributed by atoms with van der Waals surface area (Å²) in [5, 5.41) is 2.97. The fraction of sp³-hybridized carbons (Fsp3) is 0.269. The molecule has 34 heavy (non-hydrogen) atoms. The van der Waals surface area contributed by atoms with E-state index in [-0.39, 0.29) is 21.4 Å². The Bertz CT molecular complexity index is 1270. The Labute approximate surface area is 206 Å². The standard InChI is InChI=1S/C26H28ClN3O3S/c1-19-8-11-23(12-9-19)29-34(32,33)25-16-20(10-13-24(25)27)26(31)28-17-21-6-2-3-7-22(21)18-30-14-4-5-15-30/h2-3,6-13,16,29H,4-5,14-15,17-18H2,1H3,(H,28,31). The number of anilines is 1. The molecule has 0 saturated carbocycles. The predicted octanol–water partition coefficient (Wildman–Crippen LogP) is 4.98. The third-order valence-corrected chi connectivity index (χ3v) is 7.80. The zero-order valence-corrected chi connectivity index (χ0v) is 20.6. The number of likely N-dealkylation sites (tertiary alicyclic amines) is 1. The van der Waals surface area contributed by atoms with Crippen molar-refractivity contribution in [3.05, 3.63) is 94.0 Å². The summed E-state index contributed by atoms with van der Waals surface area (Å²) in [7, 11) is -3.97. The van der Waals surface area contributed by atoms with Crippen molar-refractivity contribution >= 4 is 33.2 Å². The lowest BCUT2D eigenvalue weighted by Crippen LogP contribution is -2.25. The second kappa shape index (κ2) is 10.6. The van der Waals surface area contributed by atoms with Gasteiger partial charge in [-0.25, -0.2) is 8.42 Å². The molecule has 0 atom stereocenters. The molecule has 0 bridgehead atoms. The van der Waals surface area contributed by atoms with Crippen molar-refractivity contribution in [1.29, 1.82) is 0 Å². The zero-order valence-electron chi connectivity index (χ0n) is 19.1. The number of nitrogens with one attached hydrogen (secondary N) is 2. The Morgan fingerprint density at radius 1 is 0.971 bits per heavy atom. The van der Waals surface area contributed by atoms with Gasteiger partial charge in [-0.15, -0.1) is 0 Å². The molecular weight excluding hydrogens is 470 g/mol. The maximum Gasteiger partial charge on any atom is 0.263 e. The summed E-state index contributed by atoms with van der Waals surface area (Å²) in [5.41, 5.74) is 3.90. The van der Waals surface area contributed by atoms with E-state index in [0.29, 0.717) is 12.2 Å². The molecule has 4 rings (SSSR count). The van der Waals surface area contributed by atoms with Gasteiger partial charge < -0.3 is 5.32 Å². The van der Waals surface area contributed by atoms with Crippen LogP contribution in [0.4, 0.5) is 5.69 Å². The van der Waals surface area contributed by atoms with Gasteiger partial charge >= 0.3 is 0 Å². The summed E-state index contributed by atoms with van der Waals surface area (Å²) in [6.45, 7) is 5.33. The number of halogens is 1. The second-order valence-corrected chi connectivity index (χ2v) is 10.6. The number of rotatable bonds is 8. The molecule has 1 saturated heterocycles. The maximum atomic E-state index is 12.9. The molecule has 6 nitrogen and oxygen atoms in total. The van der Waals surface area contributed by atoms with Crippen LogP contribution >= 0.6 is 11.6 Å². The van der Waals surface area contributed by atoms with Crippen LogP contribution in [0.25, 0.3) is 0 Å². The summed E-state index contributed by atoms with van der Waals surface area (Å²) in [5.74, 6) is -0.362. The van der Waals surface area contributed by atoms with Crippen LogP contribution in [0, 0.1) is 6.92 Å². The van der Waals surface area contributed by atoms with Crippen molar-refractivity contribution < 1.29 is 13.2 Å². The van der Waals surface area contributed by atoms with Gasteiger partial charge in [-0.2, -0.15) is 0 Å². The Balaban J connectivity index is 1.47. The van der Waals surface area contributed by atoms with Crippen molar-refractivity contribution in [1.82, 2.24) is 10.2 Å². The average molecular weight is 498 g/mol. The monoisotopic (exact) mass is 497 g/mol. The van der Waals surface area contributed by atoms with E-state index in [0.717, 1.165) is 30.8 Å². The molecule has 3 aromatic rings. The summed E-state index contributed by atoms with van der Waals surface area (Å²) < 4.78 is 28.4. The first-order valence-corrected chi connectivity index (χ1v) is 13.1. The van der Waals surface area contributed by atoms with Gasteiger partial charge in [0.15, 0.2) is 0 Å². The van der Waals surface area contributed by atoms with E-state index in [1.807, 2.05) is 37.3 Å². The van der Waals surface area contributed by atoms with Crippen molar-refractivity contribution in [2.75, 3.05) is 17.8 Å². The van der Waals surface area contributed by atoms with Crippen molar-refractivity contribution in [3.8, 4) is 0 Å². The molecule has 0 unspecified atom stereocenters. The molecule has 0 spiro atoms. The summed E-state index contributed by atoms with van der Waals surface area (Å²) >= 11 is 6.20. The highest BCUT2D eigenvalue weighted by atomic mass is 35.5. The van der Waals surface area contributed by atoms with Crippen LogP contribution in [0.1, 0.15) is 39.9 Å². The molecule has 8 heteroatoms. The number of carbonyl (C=O) groups is 1. The highest BCUT2D eigenvalue weighted by Crippen LogP contribution is 2.25. The minimum absolute atomic E-state index is 0.0483. The van der Waals surface area contributed by atoms with Gasteiger partial charge in [-0.05, 0) is 74.3 Å². The summed E-state index contributed by atoms with van der Waals surface area (Å²) in [6, 6.07) is 19.3. The van der Waals surface area contributed by atoms with Crippen LogP contribution in [0.3, 0.4) is 0 Å². The van der Waals surface area contributed by atoms with E-state index >= 15 is 0 Å². The second-order valence-electron chi connectivity index (χ2n) is 8.55. The molecule has 1 amide bonds. The molecule has 1 heterocycles. The lowest BCUT2D eigenvalue weighted by atomic mass is 10.1. The lowest BCUT2D eigenvalue weighted by Gasteiger charge is -2.18. The van der Waals surface area contributed by atoms with Crippen LogP contribution in [0.15, 0.2) is 71.6 Å². The third-order valence-electron chi connectivity index (χ3n) is 5.94. The summed E-state index contributed by atoms with van der Waals surface area (Å²) in [4.78, 5) is 15.2. The minimum atomic E-state index is -3.97. The van der Waals surface area contributed by atoms with Gasteiger partial charge in [0.25, 0.3) is 15.9 Å². The first-order valence-electron chi connectivity index (χ1n) is 11.3. The van der Waals surface area contributed by atoms with Gasteiger partial charge in [0.05, 0.1) is 5.02 Å². The number of sulfonamides is 1. The van der Waals surface area contributed by atoms with Crippen LogP contribution in [0.2, 0.25) is 5.02 Å². The number of amides is 1. The van der Waals surface area contributed by atoms with Crippen LogP contribution < -0.4 is 10.0 Å². The van der Waals surface area contributed by atoms with E-state index in [4.69, 9.17) is 11.6 Å². The predicted molar refractivity (Wildman–Crippen MR) is 136 cm³/mol. The summed E-state index contributed by atoms with van der Waals surface area (Å²) in [6.07, 6.45) is 2.44. The number of nitrogens with zero attached hydrogens (tertiary/aromatic N) is 1. The van der Waals surface area contributed by atoms with Crippen molar-refractivity contribution in [2.45, 2.75) is 37.8 Å². The van der Waals surface area contributed by atoms with E-state index < -0.39 is 10.0 Å². The Morgan fingerprint density at radius 3 is 2.35 bits per heavy atom. The first kappa shape index (κ1) is 24.3. The molecule has 1 fully saturated rings. The van der Waals surface area contributed by atoms with Crippen LogP contribution in [-0.4, -0.2) is 32.3 Å². The molecule has 0 radical (unpaired) electrons. The van der Waals surface area contributed by atoms with Crippen LogP contribution in [0.5, 0.6) is 0 Å². The Kier molecular flexibility index (Phi) is 7.56. The van der Waals surface area contributed by atoms with Gasteiger partial charge in [-0.3, -0.25) is 14.4 Å². The Hall–Kier alpha value is -2.87. The molecule has 3 aromatic carbocycles. The van der Waals surface area contributed by atoms with Crippen molar-refractivity contribution in [2.24, 2.45) is 0 Å². The number of aryl methyl sites for hydroxylation is 1. The fourth-order valence-corrected chi connectivity index (χ4v) is 5.61. The molecule has 1 aliphatic heterocycles. The highest BCUT2D eigenvalue weighted by Gasteiger charge is 2.21. The SMILES string of the molecule is Cc1ccc(NS(=O)(=O)c2cc(C(=O)NCc3ccccc3CN3CCCC3)ccc2Cl)cc1. The van der Waals surface area contributed by atoms with E-state index in [9.17, 15) is 13.2 Å². The number of carbonyl (C=O) groups excluding carboxylic acids is 1. The number of benzene rings is 3. The van der Waals surface area contributed by atoms with Gasteiger partial charge in [0.2, 0.25) is 0 Å². The van der Waals surface area contributed by atoms with E-state index in [2.05, 4.69) is 21.0 Å². The molecule has 0 aliphatic carbocycles. The Morgan fingerprint density at radius 2 is 1.65 bits per heavy atom. The molecule has 1 aliphatic rings. The number of hydrogen-bond acceptors (Lipinski definition) is 4. The molecule has 178 valence electrons. The van der Waals surface area contributed by atoms with Gasteiger partial charge in [0.1, 0.15) is 4.90 Å².